The van der Waals surface area contributed by atoms with Gasteiger partial charge in [0, 0.05) is 13.1 Å². The number of hydrogen-bond acceptors (Lipinski definition) is 5. The molecule has 2 heterocycles. The van der Waals surface area contributed by atoms with Crippen LogP contribution < -0.4 is 10.5 Å². The molecule has 1 aromatic heterocycles. The quantitative estimate of drug-likeness (QED) is 0.893. The van der Waals surface area contributed by atoms with Crippen LogP contribution >= 0.6 is 11.3 Å². The molecule has 3 rings (SSSR count). The van der Waals surface area contributed by atoms with Crippen LogP contribution in [0.15, 0.2) is 23.7 Å². The molecule has 0 spiro atoms. The molecule has 0 amide bonds. The standard InChI is InChI=1S/C13H18N4O2S2/c14-8-10-3-5-17(6-4-10)21(18,19)16-11-1-2-12-13(7-11)20-9-15-12/h1-2,7,9-10,16H,3-6,8,14H2. The molecule has 8 heteroatoms. The lowest BCUT2D eigenvalue weighted by molar-refractivity contribution is 0.280. The Morgan fingerprint density at radius 3 is 2.86 bits per heavy atom. The van der Waals surface area contributed by atoms with Gasteiger partial charge >= 0.3 is 10.2 Å². The molecule has 114 valence electrons. The first-order chi connectivity index (χ1) is 10.1. The van der Waals surface area contributed by atoms with Crippen LogP contribution in [0.4, 0.5) is 5.69 Å². The van der Waals surface area contributed by atoms with E-state index in [2.05, 4.69) is 9.71 Å². The summed E-state index contributed by atoms with van der Waals surface area (Å²) in [6, 6.07) is 5.38. The second-order valence-electron chi connectivity index (χ2n) is 5.22. The Balaban J connectivity index is 1.73. The number of rotatable bonds is 4. The molecule has 0 aliphatic carbocycles. The van der Waals surface area contributed by atoms with Crippen molar-refractivity contribution in [3.05, 3.63) is 23.7 Å². The lowest BCUT2D eigenvalue weighted by atomic mass is 9.99. The first-order valence-corrected chi connectivity index (χ1v) is 9.21. The van der Waals surface area contributed by atoms with Gasteiger partial charge in [-0.15, -0.1) is 11.3 Å². The van der Waals surface area contributed by atoms with Crippen LogP contribution in [0.25, 0.3) is 10.2 Å². The molecule has 0 unspecified atom stereocenters. The van der Waals surface area contributed by atoms with Gasteiger partial charge in [0.05, 0.1) is 21.4 Å². The SMILES string of the molecule is NCC1CCN(S(=O)(=O)Nc2ccc3ncsc3c2)CC1. The van der Waals surface area contributed by atoms with E-state index < -0.39 is 10.2 Å². The number of thiazole rings is 1. The first-order valence-electron chi connectivity index (χ1n) is 6.90. The Kier molecular flexibility index (Phi) is 4.12. The van der Waals surface area contributed by atoms with Gasteiger partial charge < -0.3 is 5.73 Å². The van der Waals surface area contributed by atoms with Crippen molar-refractivity contribution in [2.75, 3.05) is 24.4 Å². The number of anilines is 1. The minimum absolute atomic E-state index is 0.435. The third-order valence-electron chi connectivity index (χ3n) is 3.82. The van der Waals surface area contributed by atoms with Crippen molar-refractivity contribution in [2.45, 2.75) is 12.8 Å². The zero-order valence-electron chi connectivity index (χ0n) is 11.5. The first kappa shape index (κ1) is 14.7. The lowest BCUT2D eigenvalue weighted by Gasteiger charge is -2.30. The summed E-state index contributed by atoms with van der Waals surface area (Å²) in [5.74, 6) is 0.435. The monoisotopic (exact) mass is 326 g/mol. The number of benzene rings is 1. The van der Waals surface area contributed by atoms with E-state index in [1.165, 1.54) is 15.6 Å². The number of nitrogens with one attached hydrogen (secondary N) is 1. The Bertz CT molecular complexity index is 721. The van der Waals surface area contributed by atoms with Crippen LogP contribution in [-0.2, 0) is 10.2 Å². The summed E-state index contributed by atoms with van der Waals surface area (Å²) >= 11 is 1.49. The summed E-state index contributed by atoms with van der Waals surface area (Å²) < 4.78 is 29.9. The number of aromatic nitrogens is 1. The van der Waals surface area contributed by atoms with Gasteiger partial charge in [-0.1, -0.05) is 0 Å². The van der Waals surface area contributed by atoms with Crippen molar-refractivity contribution < 1.29 is 8.42 Å². The molecule has 1 fully saturated rings. The number of nitrogens with zero attached hydrogens (tertiary/aromatic N) is 2. The van der Waals surface area contributed by atoms with Gasteiger partial charge in [-0.3, -0.25) is 4.72 Å². The summed E-state index contributed by atoms with van der Waals surface area (Å²) in [6.07, 6.45) is 1.65. The highest BCUT2D eigenvalue weighted by atomic mass is 32.2. The van der Waals surface area contributed by atoms with Crippen LogP contribution in [0.5, 0.6) is 0 Å². The Morgan fingerprint density at radius 1 is 1.38 bits per heavy atom. The maximum atomic E-state index is 12.4. The highest BCUT2D eigenvalue weighted by Gasteiger charge is 2.27. The minimum Gasteiger partial charge on any atom is -0.330 e. The lowest BCUT2D eigenvalue weighted by Crippen LogP contribution is -2.42. The summed E-state index contributed by atoms with van der Waals surface area (Å²) in [4.78, 5) is 4.18. The maximum Gasteiger partial charge on any atom is 0.301 e. The zero-order valence-corrected chi connectivity index (χ0v) is 13.2. The highest BCUT2D eigenvalue weighted by molar-refractivity contribution is 7.90. The van der Waals surface area contributed by atoms with Gasteiger partial charge in [-0.25, -0.2) is 4.98 Å². The van der Waals surface area contributed by atoms with Crippen molar-refractivity contribution in [1.29, 1.82) is 0 Å². The molecule has 1 aliphatic heterocycles. The summed E-state index contributed by atoms with van der Waals surface area (Å²) in [5.41, 5.74) is 8.84. The topological polar surface area (TPSA) is 88.3 Å². The fourth-order valence-electron chi connectivity index (χ4n) is 2.52. The van der Waals surface area contributed by atoms with Crippen LogP contribution in [-0.4, -0.2) is 37.3 Å². The van der Waals surface area contributed by atoms with Gasteiger partial charge in [-0.2, -0.15) is 12.7 Å². The van der Waals surface area contributed by atoms with E-state index in [9.17, 15) is 8.42 Å². The minimum atomic E-state index is -3.49. The van der Waals surface area contributed by atoms with Crippen molar-refractivity contribution in [2.24, 2.45) is 11.7 Å². The molecular weight excluding hydrogens is 308 g/mol. The summed E-state index contributed by atoms with van der Waals surface area (Å²) in [6.45, 7) is 1.68. The molecule has 21 heavy (non-hydrogen) atoms. The molecule has 0 radical (unpaired) electrons. The molecule has 2 aromatic rings. The average Bonchev–Trinajstić information content (AvgIpc) is 2.94. The number of fused-ring (bicyclic) bond motifs is 1. The Labute approximate surface area is 128 Å². The predicted octanol–water partition coefficient (Wildman–Crippen LogP) is 1.62. The van der Waals surface area contributed by atoms with E-state index in [0.717, 1.165) is 23.1 Å². The normalized spacial score (nSPS) is 18.1. The van der Waals surface area contributed by atoms with Gasteiger partial charge in [0.1, 0.15) is 0 Å². The summed E-state index contributed by atoms with van der Waals surface area (Å²) in [7, 11) is -3.49. The van der Waals surface area contributed by atoms with Crippen LogP contribution in [0.1, 0.15) is 12.8 Å². The highest BCUT2D eigenvalue weighted by Crippen LogP contribution is 2.24. The smallest absolute Gasteiger partial charge is 0.301 e. The number of hydrogen-bond donors (Lipinski definition) is 2. The van der Waals surface area contributed by atoms with Crippen molar-refractivity contribution in [3.8, 4) is 0 Å². The third-order valence-corrected chi connectivity index (χ3v) is 6.16. The fraction of sp³-hybridized carbons (Fsp3) is 0.462. The molecule has 0 bridgehead atoms. The van der Waals surface area contributed by atoms with Gasteiger partial charge in [0.25, 0.3) is 0 Å². The van der Waals surface area contributed by atoms with E-state index in [0.29, 0.717) is 31.2 Å². The summed E-state index contributed by atoms with van der Waals surface area (Å²) in [5, 5.41) is 0. The Hall–Kier alpha value is -1.22. The largest absolute Gasteiger partial charge is 0.330 e. The van der Waals surface area contributed by atoms with E-state index in [4.69, 9.17) is 5.73 Å². The molecule has 1 saturated heterocycles. The zero-order chi connectivity index (χ0) is 14.9. The molecule has 1 aromatic carbocycles. The van der Waals surface area contributed by atoms with Crippen LogP contribution in [0, 0.1) is 5.92 Å². The average molecular weight is 326 g/mol. The van der Waals surface area contributed by atoms with Crippen LogP contribution in [0.2, 0.25) is 0 Å². The second-order valence-corrected chi connectivity index (χ2v) is 7.78. The molecular formula is C13H18N4O2S2. The second kappa shape index (κ2) is 5.88. The number of piperidine rings is 1. The maximum absolute atomic E-state index is 12.4. The molecule has 3 N–H and O–H groups in total. The molecule has 1 aliphatic rings. The van der Waals surface area contributed by atoms with Crippen molar-refractivity contribution in [3.63, 3.8) is 0 Å². The van der Waals surface area contributed by atoms with Crippen molar-refractivity contribution >= 4 is 37.5 Å². The third kappa shape index (κ3) is 3.18. The molecule has 6 nitrogen and oxygen atoms in total. The van der Waals surface area contributed by atoms with E-state index in [1.807, 2.05) is 12.1 Å². The predicted molar refractivity (Wildman–Crippen MR) is 85.5 cm³/mol. The van der Waals surface area contributed by atoms with E-state index >= 15 is 0 Å². The molecule has 0 saturated carbocycles. The van der Waals surface area contributed by atoms with Crippen molar-refractivity contribution in [1.82, 2.24) is 9.29 Å². The number of nitrogens with two attached hydrogens (primary N) is 1. The molecule has 0 atom stereocenters. The van der Waals surface area contributed by atoms with E-state index in [1.54, 1.807) is 11.6 Å². The van der Waals surface area contributed by atoms with Crippen LogP contribution in [0.3, 0.4) is 0 Å². The fourth-order valence-corrected chi connectivity index (χ4v) is 4.48. The Morgan fingerprint density at radius 2 is 2.14 bits per heavy atom. The van der Waals surface area contributed by atoms with E-state index in [-0.39, 0.29) is 0 Å². The van der Waals surface area contributed by atoms with Gasteiger partial charge in [0.2, 0.25) is 0 Å². The van der Waals surface area contributed by atoms with Gasteiger partial charge in [0.15, 0.2) is 0 Å². The van der Waals surface area contributed by atoms with Gasteiger partial charge in [-0.05, 0) is 43.5 Å².